The van der Waals surface area contributed by atoms with Crippen LogP contribution in [0.4, 0.5) is 4.79 Å². The average Bonchev–Trinajstić information content (AvgIpc) is 3.75. The molecule has 5 heterocycles. The van der Waals surface area contributed by atoms with Gasteiger partial charge in [-0.2, -0.15) is 0 Å². The van der Waals surface area contributed by atoms with Crippen molar-refractivity contribution in [2.45, 2.75) is 32.2 Å². The van der Waals surface area contributed by atoms with Gasteiger partial charge in [0.1, 0.15) is 6.10 Å². The molecule has 3 aliphatic rings. The summed E-state index contributed by atoms with van der Waals surface area (Å²) >= 11 is 0. The van der Waals surface area contributed by atoms with E-state index in [1.807, 2.05) is 66.7 Å². The van der Waals surface area contributed by atoms with Crippen molar-refractivity contribution < 1.29 is 28.6 Å². The highest BCUT2D eigenvalue weighted by molar-refractivity contribution is 6.39. The van der Waals surface area contributed by atoms with Crippen molar-refractivity contribution in [1.29, 1.82) is 0 Å². The minimum absolute atomic E-state index is 0.188. The molecule has 2 aromatic heterocycles. The molecule has 0 saturated carbocycles. The van der Waals surface area contributed by atoms with Gasteiger partial charge >= 0.3 is 6.09 Å². The number of alkyl carbamates (subject to hydrolysis) is 1. The van der Waals surface area contributed by atoms with Gasteiger partial charge < -0.3 is 28.7 Å². The van der Waals surface area contributed by atoms with Crippen LogP contribution in [0.1, 0.15) is 32.7 Å². The van der Waals surface area contributed by atoms with Crippen molar-refractivity contribution in [1.82, 2.24) is 19.8 Å². The zero-order chi connectivity index (χ0) is 28.8. The number of aryl methyl sites for hydroxylation is 1. The molecule has 43 heavy (non-hydrogen) atoms. The lowest BCUT2D eigenvalue weighted by Crippen LogP contribution is -2.32. The highest BCUT2D eigenvalue weighted by Gasteiger charge is 2.37. The molecule has 212 valence electrons. The summed E-state index contributed by atoms with van der Waals surface area (Å²) < 4.78 is 21.2. The zero-order valence-corrected chi connectivity index (χ0v) is 22.8. The number of aromatic nitrogens is 2. The fourth-order valence-corrected chi connectivity index (χ4v) is 7.04. The van der Waals surface area contributed by atoms with Crippen molar-refractivity contribution in [2.75, 3.05) is 6.79 Å². The van der Waals surface area contributed by atoms with Crippen molar-refractivity contribution in [2.24, 2.45) is 0 Å². The third-order valence-electron chi connectivity index (χ3n) is 8.81. The third kappa shape index (κ3) is 3.37. The highest BCUT2D eigenvalue weighted by atomic mass is 16.7. The van der Waals surface area contributed by atoms with E-state index in [4.69, 9.17) is 14.2 Å². The Hall–Kier alpha value is -5.51. The Bertz CT molecular complexity index is 2230. The number of nitrogens with zero attached hydrogens (tertiary/aromatic N) is 2. The van der Waals surface area contributed by atoms with Crippen LogP contribution in [-0.2, 0) is 24.4 Å². The van der Waals surface area contributed by atoms with Gasteiger partial charge in [-0.3, -0.25) is 14.9 Å². The second kappa shape index (κ2) is 8.75. The summed E-state index contributed by atoms with van der Waals surface area (Å²) in [5.41, 5.74) is 5.36. The van der Waals surface area contributed by atoms with Crippen LogP contribution < -0.4 is 20.1 Å². The van der Waals surface area contributed by atoms with Gasteiger partial charge in [-0.15, -0.1) is 0 Å². The maximum absolute atomic E-state index is 13.3. The molecule has 2 N–H and O–H groups in total. The van der Waals surface area contributed by atoms with Gasteiger partial charge in [0.2, 0.25) is 6.79 Å². The predicted molar refractivity (Wildman–Crippen MR) is 159 cm³/mol. The molecule has 0 radical (unpaired) electrons. The van der Waals surface area contributed by atoms with E-state index in [9.17, 15) is 14.4 Å². The molecule has 1 atom stereocenters. The summed E-state index contributed by atoms with van der Waals surface area (Å²) in [6, 6.07) is 21.4. The normalized spacial score (nSPS) is 17.1. The maximum atomic E-state index is 13.3. The molecule has 6 aromatic rings. The Morgan fingerprint density at radius 3 is 2.26 bits per heavy atom. The Balaban J connectivity index is 1.17. The number of carbonyl (C=O) groups excluding carboxylic acids is 3. The first kappa shape index (κ1) is 24.1. The Morgan fingerprint density at radius 2 is 1.51 bits per heavy atom. The average molecular weight is 573 g/mol. The van der Waals surface area contributed by atoms with Gasteiger partial charge in [-0.25, -0.2) is 4.79 Å². The first-order valence-corrected chi connectivity index (χ1v) is 14.2. The number of para-hydroxylation sites is 2. The fraction of sp³-hybridized carbons (Fsp3) is 0.182. The van der Waals surface area contributed by atoms with E-state index in [0.717, 1.165) is 49.2 Å². The molecule has 4 aromatic carbocycles. The second-order valence-electron chi connectivity index (χ2n) is 11.1. The number of hydrogen-bond acceptors (Lipinski definition) is 6. The predicted octanol–water partition coefficient (Wildman–Crippen LogP) is 5.21. The van der Waals surface area contributed by atoms with Crippen LogP contribution in [0.3, 0.4) is 0 Å². The van der Waals surface area contributed by atoms with Crippen molar-refractivity contribution in [3.8, 4) is 11.5 Å². The van der Waals surface area contributed by atoms with Gasteiger partial charge in [0, 0.05) is 52.1 Å². The summed E-state index contributed by atoms with van der Waals surface area (Å²) in [5.74, 6) is 0.580. The van der Waals surface area contributed by atoms with E-state index >= 15 is 0 Å². The number of fused-ring (bicyclic) bond motifs is 10. The Labute approximate surface area is 243 Å². The van der Waals surface area contributed by atoms with Crippen LogP contribution in [0, 0.1) is 0 Å². The van der Waals surface area contributed by atoms with Crippen LogP contribution in [0.2, 0.25) is 0 Å². The smallest absolute Gasteiger partial charge is 0.407 e. The molecular weight excluding hydrogens is 548 g/mol. The summed E-state index contributed by atoms with van der Waals surface area (Å²) in [5, 5.41) is 8.75. The number of imide groups is 1. The lowest BCUT2D eigenvalue weighted by molar-refractivity contribution is 0.0804. The van der Waals surface area contributed by atoms with Crippen molar-refractivity contribution >= 4 is 61.5 Å². The second-order valence-corrected chi connectivity index (χ2v) is 11.1. The molecule has 0 bridgehead atoms. The van der Waals surface area contributed by atoms with E-state index in [1.54, 1.807) is 0 Å². The lowest BCUT2D eigenvalue weighted by Gasteiger charge is -2.24. The van der Waals surface area contributed by atoms with Gasteiger partial charge in [-0.1, -0.05) is 42.5 Å². The Kier molecular flexibility index (Phi) is 4.91. The number of benzene rings is 4. The van der Waals surface area contributed by atoms with Gasteiger partial charge in [0.15, 0.2) is 11.5 Å². The van der Waals surface area contributed by atoms with Gasteiger partial charge in [0.25, 0.3) is 11.8 Å². The quantitative estimate of drug-likeness (QED) is 0.282. The molecule has 0 aliphatic carbocycles. The van der Waals surface area contributed by atoms with Crippen LogP contribution in [0.25, 0.3) is 43.6 Å². The van der Waals surface area contributed by atoms with Crippen LogP contribution in [-0.4, -0.2) is 39.9 Å². The molecule has 10 nitrogen and oxygen atoms in total. The van der Waals surface area contributed by atoms with E-state index in [2.05, 4.69) is 19.8 Å². The van der Waals surface area contributed by atoms with E-state index in [-0.39, 0.29) is 25.2 Å². The standard InChI is InChI=1S/C33H24N4O6/c38-31-27-25-19-5-1-3-7-21(19)36-12-11-18(43-33(40)34-14-17-9-10-23-24(13-17)42-16-41-23)15-37-22-8-4-2-6-20(22)26(30(37)29(25)36)28(27)32(39)35-31/h1-10,13,18H,11-12,14-16H2,(H,34,40)(H,35,38,39). The van der Waals surface area contributed by atoms with Crippen LogP contribution in [0.5, 0.6) is 11.5 Å². The topological polar surface area (TPSA) is 113 Å². The van der Waals surface area contributed by atoms with Crippen LogP contribution in [0.15, 0.2) is 66.7 Å². The molecule has 9 rings (SSSR count). The zero-order valence-electron chi connectivity index (χ0n) is 22.8. The van der Waals surface area contributed by atoms with E-state index in [1.165, 1.54) is 0 Å². The Morgan fingerprint density at radius 1 is 0.860 bits per heavy atom. The maximum Gasteiger partial charge on any atom is 0.407 e. The lowest BCUT2D eigenvalue weighted by atomic mass is 9.96. The van der Waals surface area contributed by atoms with Crippen LogP contribution >= 0.6 is 0 Å². The number of ether oxygens (including phenoxy) is 3. The number of nitrogens with one attached hydrogen (secondary N) is 2. The minimum atomic E-state index is -0.516. The highest BCUT2D eigenvalue weighted by Crippen LogP contribution is 2.45. The fourth-order valence-electron chi connectivity index (χ4n) is 7.04. The molecule has 0 spiro atoms. The molecule has 3 aliphatic heterocycles. The van der Waals surface area contributed by atoms with E-state index < -0.39 is 12.2 Å². The largest absolute Gasteiger partial charge is 0.454 e. The van der Waals surface area contributed by atoms with Crippen molar-refractivity contribution in [3.63, 3.8) is 0 Å². The molecule has 3 amide bonds. The summed E-state index contributed by atoms with van der Waals surface area (Å²) in [4.78, 5) is 39.7. The monoisotopic (exact) mass is 572 g/mol. The summed E-state index contributed by atoms with van der Waals surface area (Å²) in [6.07, 6.45) is -0.414. The first-order chi connectivity index (χ1) is 21.1. The molecular formula is C33H24N4O6. The first-order valence-electron chi connectivity index (χ1n) is 14.2. The summed E-state index contributed by atoms with van der Waals surface area (Å²) in [6.45, 7) is 1.43. The van der Waals surface area contributed by atoms with Gasteiger partial charge in [0.05, 0.1) is 28.7 Å². The van der Waals surface area contributed by atoms with E-state index in [0.29, 0.717) is 42.1 Å². The number of hydrogen-bond donors (Lipinski definition) is 2. The molecule has 0 saturated heterocycles. The molecule has 1 unspecified atom stereocenters. The molecule has 0 fully saturated rings. The summed E-state index contributed by atoms with van der Waals surface area (Å²) in [7, 11) is 0. The SMILES string of the molecule is O=C(NCc1ccc2c(c1)OCO2)OC1CCn2c3ccccc3c3c4c(c5c6ccccc6n(c5c32)C1)C(=O)NC4=O. The number of amides is 3. The molecule has 10 heteroatoms. The van der Waals surface area contributed by atoms with Gasteiger partial charge in [-0.05, 0) is 29.8 Å². The number of carbonyl (C=O) groups is 3. The third-order valence-corrected chi connectivity index (χ3v) is 8.81. The minimum Gasteiger partial charge on any atom is -0.454 e. The number of rotatable bonds is 3. The van der Waals surface area contributed by atoms with Crippen molar-refractivity contribution in [3.05, 3.63) is 83.4 Å².